The maximum absolute atomic E-state index is 6.25. The summed E-state index contributed by atoms with van der Waals surface area (Å²) in [5, 5.41) is 0. The molecule has 0 aromatic heterocycles. The van der Waals surface area contributed by atoms with Crippen molar-refractivity contribution in [2.45, 2.75) is 37.6 Å². The molecular formula is C13H17N. The van der Waals surface area contributed by atoms with Gasteiger partial charge in [-0.1, -0.05) is 29.8 Å². The van der Waals surface area contributed by atoms with E-state index in [0.29, 0.717) is 11.5 Å². The molecule has 3 atom stereocenters. The standard InChI is InChI=1S/C13H17N/c1-9-3-2-4-11(7-9)13-6-5-10(8-13)12(13)14/h2-4,7,10,12H,5-6,8,14H2,1H3. The average Bonchev–Trinajstić information content (AvgIpc) is 2.75. The smallest absolute Gasteiger partial charge is 0.0165 e. The minimum Gasteiger partial charge on any atom is -0.327 e. The van der Waals surface area contributed by atoms with E-state index in [9.17, 15) is 0 Å². The van der Waals surface area contributed by atoms with Crippen LogP contribution in [0.4, 0.5) is 0 Å². The summed E-state index contributed by atoms with van der Waals surface area (Å²) < 4.78 is 0. The Morgan fingerprint density at radius 2 is 2.29 bits per heavy atom. The summed E-state index contributed by atoms with van der Waals surface area (Å²) in [6.45, 7) is 2.16. The lowest BCUT2D eigenvalue weighted by atomic mass is 9.61. The summed E-state index contributed by atoms with van der Waals surface area (Å²) in [6.07, 6.45) is 3.98. The zero-order valence-corrected chi connectivity index (χ0v) is 8.66. The van der Waals surface area contributed by atoms with E-state index >= 15 is 0 Å². The van der Waals surface area contributed by atoms with Gasteiger partial charge in [0.1, 0.15) is 0 Å². The second-order valence-electron chi connectivity index (χ2n) is 5.05. The number of rotatable bonds is 1. The summed E-state index contributed by atoms with van der Waals surface area (Å²) >= 11 is 0. The predicted molar refractivity (Wildman–Crippen MR) is 58.2 cm³/mol. The molecule has 0 radical (unpaired) electrons. The molecule has 1 aromatic rings. The van der Waals surface area contributed by atoms with Crippen LogP contribution in [-0.4, -0.2) is 6.04 Å². The van der Waals surface area contributed by atoms with Crippen LogP contribution in [0.3, 0.4) is 0 Å². The molecule has 0 saturated heterocycles. The highest BCUT2D eigenvalue weighted by Gasteiger charge is 2.57. The first-order chi connectivity index (χ1) is 6.72. The summed E-state index contributed by atoms with van der Waals surface area (Å²) in [4.78, 5) is 0. The van der Waals surface area contributed by atoms with Crippen LogP contribution >= 0.6 is 0 Å². The monoisotopic (exact) mass is 187 g/mol. The van der Waals surface area contributed by atoms with Crippen molar-refractivity contribution < 1.29 is 0 Å². The van der Waals surface area contributed by atoms with Crippen LogP contribution in [0.1, 0.15) is 30.4 Å². The van der Waals surface area contributed by atoms with Crippen molar-refractivity contribution in [1.82, 2.24) is 0 Å². The van der Waals surface area contributed by atoms with E-state index in [1.807, 2.05) is 0 Å². The molecule has 2 bridgehead atoms. The molecule has 2 N–H and O–H groups in total. The first kappa shape index (κ1) is 8.49. The molecule has 3 aliphatic carbocycles. The topological polar surface area (TPSA) is 26.0 Å². The molecule has 0 amide bonds. The molecule has 3 aliphatic rings. The number of benzene rings is 1. The van der Waals surface area contributed by atoms with Crippen LogP contribution in [0, 0.1) is 12.8 Å². The van der Waals surface area contributed by atoms with Crippen molar-refractivity contribution >= 4 is 0 Å². The van der Waals surface area contributed by atoms with Crippen LogP contribution in [0.25, 0.3) is 0 Å². The highest BCUT2D eigenvalue weighted by atomic mass is 14.8. The van der Waals surface area contributed by atoms with Gasteiger partial charge in [-0.2, -0.15) is 0 Å². The maximum Gasteiger partial charge on any atom is 0.0165 e. The fourth-order valence-electron chi connectivity index (χ4n) is 3.42. The Balaban J connectivity index is 2.03. The van der Waals surface area contributed by atoms with Crippen LogP contribution in [0.15, 0.2) is 24.3 Å². The molecule has 74 valence electrons. The predicted octanol–water partition coefficient (Wildman–Crippen LogP) is 2.37. The van der Waals surface area contributed by atoms with E-state index in [-0.39, 0.29) is 0 Å². The van der Waals surface area contributed by atoms with Crippen molar-refractivity contribution in [2.75, 3.05) is 0 Å². The van der Waals surface area contributed by atoms with Crippen LogP contribution in [0.2, 0.25) is 0 Å². The second kappa shape index (κ2) is 2.60. The number of hydrogen-bond donors (Lipinski definition) is 1. The van der Waals surface area contributed by atoms with Gasteiger partial charge in [0, 0.05) is 11.5 Å². The van der Waals surface area contributed by atoms with Gasteiger partial charge in [0.25, 0.3) is 0 Å². The van der Waals surface area contributed by atoms with Crippen molar-refractivity contribution in [3.8, 4) is 0 Å². The number of hydrogen-bond acceptors (Lipinski definition) is 1. The average molecular weight is 187 g/mol. The van der Waals surface area contributed by atoms with Crippen molar-refractivity contribution in [3.63, 3.8) is 0 Å². The van der Waals surface area contributed by atoms with Crippen molar-refractivity contribution in [3.05, 3.63) is 35.4 Å². The first-order valence-electron chi connectivity index (χ1n) is 5.55. The van der Waals surface area contributed by atoms with E-state index in [1.165, 1.54) is 30.4 Å². The van der Waals surface area contributed by atoms with Gasteiger partial charge in [0.15, 0.2) is 0 Å². The first-order valence-corrected chi connectivity index (χ1v) is 5.55. The summed E-state index contributed by atoms with van der Waals surface area (Å²) in [6, 6.07) is 9.34. The van der Waals surface area contributed by atoms with E-state index in [0.717, 1.165) is 5.92 Å². The zero-order chi connectivity index (χ0) is 9.76. The molecule has 3 fully saturated rings. The largest absolute Gasteiger partial charge is 0.327 e. The highest BCUT2D eigenvalue weighted by molar-refractivity contribution is 5.37. The molecule has 1 nitrogen and oxygen atoms in total. The third-order valence-electron chi connectivity index (χ3n) is 4.33. The van der Waals surface area contributed by atoms with Crippen LogP contribution in [-0.2, 0) is 5.41 Å². The number of nitrogens with two attached hydrogens (primary N) is 1. The van der Waals surface area contributed by atoms with Gasteiger partial charge < -0.3 is 5.73 Å². The lowest BCUT2D eigenvalue weighted by Gasteiger charge is -2.46. The highest BCUT2D eigenvalue weighted by Crippen LogP contribution is 2.58. The Morgan fingerprint density at radius 3 is 2.86 bits per heavy atom. The van der Waals surface area contributed by atoms with Gasteiger partial charge in [0.2, 0.25) is 0 Å². The van der Waals surface area contributed by atoms with Crippen LogP contribution in [0.5, 0.6) is 0 Å². The molecule has 4 rings (SSSR count). The molecule has 0 aliphatic heterocycles. The normalized spacial score (nSPS) is 39.6. The van der Waals surface area contributed by atoms with Gasteiger partial charge in [-0.15, -0.1) is 0 Å². The minimum absolute atomic E-state index is 0.358. The van der Waals surface area contributed by atoms with Gasteiger partial charge in [-0.05, 0) is 37.7 Å². The fraction of sp³-hybridized carbons (Fsp3) is 0.538. The Hall–Kier alpha value is -0.820. The van der Waals surface area contributed by atoms with Gasteiger partial charge >= 0.3 is 0 Å². The van der Waals surface area contributed by atoms with E-state index in [2.05, 4.69) is 31.2 Å². The second-order valence-corrected chi connectivity index (χ2v) is 5.05. The Morgan fingerprint density at radius 1 is 1.43 bits per heavy atom. The molecule has 3 saturated carbocycles. The Bertz CT molecular complexity index is 367. The minimum atomic E-state index is 0.358. The molecular weight excluding hydrogens is 170 g/mol. The molecule has 1 heteroatoms. The number of fused-ring (bicyclic) bond motifs is 1. The molecule has 1 aromatic carbocycles. The van der Waals surface area contributed by atoms with Gasteiger partial charge in [-0.25, -0.2) is 0 Å². The summed E-state index contributed by atoms with van der Waals surface area (Å²) in [5.74, 6) is 0.815. The third-order valence-corrected chi connectivity index (χ3v) is 4.33. The van der Waals surface area contributed by atoms with E-state index in [1.54, 1.807) is 0 Å². The zero-order valence-electron chi connectivity index (χ0n) is 8.66. The Kier molecular flexibility index (Phi) is 1.58. The molecule has 0 heterocycles. The summed E-state index contributed by atoms with van der Waals surface area (Å²) in [7, 11) is 0. The lowest BCUT2D eigenvalue weighted by Crippen LogP contribution is -2.54. The van der Waals surface area contributed by atoms with Crippen LogP contribution < -0.4 is 5.73 Å². The number of aryl methyl sites for hydroxylation is 1. The molecule has 14 heavy (non-hydrogen) atoms. The SMILES string of the molecule is Cc1cccc(C23CCC(C2)C3N)c1. The van der Waals surface area contributed by atoms with Gasteiger partial charge in [-0.3, -0.25) is 0 Å². The fourth-order valence-corrected chi connectivity index (χ4v) is 3.42. The lowest BCUT2D eigenvalue weighted by molar-refractivity contribution is 0.188. The third kappa shape index (κ3) is 0.885. The van der Waals surface area contributed by atoms with Crippen molar-refractivity contribution in [2.24, 2.45) is 11.7 Å². The van der Waals surface area contributed by atoms with Gasteiger partial charge in [0.05, 0.1) is 0 Å². The summed E-state index contributed by atoms with van der Waals surface area (Å²) in [5.41, 5.74) is 9.45. The van der Waals surface area contributed by atoms with E-state index in [4.69, 9.17) is 5.73 Å². The maximum atomic E-state index is 6.25. The quantitative estimate of drug-likeness (QED) is 0.717. The molecule has 3 unspecified atom stereocenters. The van der Waals surface area contributed by atoms with E-state index < -0.39 is 0 Å². The van der Waals surface area contributed by atoms with Crippen molar-refractivity contribution in [1.29, 1.82) is 0 Å². The molecule has 0 spiro atoms. The Labute approximate surface area is 85.3 Å².